The van der Waals surface area contributed by atoms with Crippen molar-refractivity contribution >= 4 is 44.6 Å². The van der Waals surface area contributed by atoms with E-state index in [0.29, 0.717) is 31.6 Å². The van der Waals surface area contributed by atoms with Gasteiger partial charge < -0.3 is 29.7 Å². The van der Waals surface area contributed by atoms with Gasteiger partial charge in [-0.1, -0.05) is 30.4 Å². The highest BCUT2D eigenvalue weighted by Crippen LogP contribution is 2.46. The molecule has 3 N–H and O–H groups in total. The van der Waals surface area contributed by atoms with Gasteiger partial charge in [0.15, 0.2) is 0 Å². The van der Waals surface area contributed by atoms with Gasteiger partial charge in [0.25, 0.3) is 5.91 Å². The van der Waals surface area contributed by atoms with Crippen molar-refractivity contribution in [1.82, 2.24) is 25.2 Å². The van der Waals surface area contributed by atoms with Crippen molar-refractivity contribution in [2.45, 2.75) is 93.9 Å². The lowest BCUT2D eigenvalue weighted by Gasteiger charge is -2.30. The van der Waals surface area contributed by atoms with Crippen molar-refractivity contribution in [2.75, 3.05) is 19.8 Å². The molecule has 0 spiro atoms. The molecular weight excluding hydrogens is 654 g/mol. The molecule has 14 nitrogen and oxygen atoms in total. The van der Waals surface area contributed by atoms with Crippen LogP contribution in [0.4, 0.5) is 4.79 Å². The third kappa shape index (κ3) is 7.99. The number of ether oxygens (including phenoxy) is 3. The third-order valence-corrected chi connectivity index (χ3v) is 10.8. The first-order valence-electron chi connectivity index (χ1n) is 16.7. The summed E-state index contributed by atoms with van der Waals surface area (Å²) in [7, 11) is -3.89. The zero-order chi connectivity index (χ0) is 35.0. The summed E-state index contributed by atoms with van der Waals surface area (Å²) in [5.74, 6) is -2.16. The molecule has 0 radical (unpaired) electrons. The number of benzene rings is 1. The van der Waals surface area contributed by atoms with Gasteiger partial charge in [0, 0.05) is 30.5 Å². The molecule has 3 fully saturated rings. The fourth-order valence-electron chi connectivity index (χ4n) is 6.28. The number of rotatable bonds is 6. The Labute approximate surface area is 285 Å². The first-order valence-corrected chi connectivity index (χ1v) is 18.2. The summed E-state index contributed by atoms with van der Waals surface area (Å²) in [6.45, 7) is 5.17. The second-order valence-corrected chi connectivity index (χ2v) is 16.1. The molecule has 4 aliphatic rings. The van der Waals surface area contributed by atoms with Crippen molar-refractivity contribution in [2.24, 2.45) is 5.92 Å². The maximum Gasteiger partial charge on any atom is 0.408 e. The van der Waals surface area contributed by atoms with Gasteiger partial charge in [-0.15, -0.1) is 0 Å². The van der Waals surface area contributed by atoms with Crippen LogP contribution in [0.3, 0.4) is 0 Å². The summed E-state index contributed by atoms with van der Waals surface area (Å²) < 4.78 is 45.2. The molecule has 5 atom stereocenters. The molecule has 6 rings (SSSR count). The van der Waals surface area contributed by atoms with Gasteiger partial charge in [-0.3, -0.25) is 19.1 Å². The highest BCUT2D eigenvalue weighted by Gasteiger charge is 2.62. The number of hydrogen-bond acceptors (Lipinski definition) is 10. The van der Waals surface area contributed by atoms with Gasteiger partial charge >= 0.3 is 6.09 Å². The van der Waals surface area contributed by atoms with Crippen LogP contribution in [0.1, 0.15) is 59.3 Å². The summed E-state index contributed by atoms with van der Waals surface area (Å²) in [4.78, 5) is 60.6. The van der Waals surface area contributed by atoms with Crippen molar-refractivity contribution < 1.29 is 41.8 Å². The lowest BCUT2D eigenvalue weighted by atomic mass is 10.1. The molecule has 1 saturated heterocycles. The Morgan fingerprint density at radius 2 is 1.92 bits per heavy atom. The average Bonchev–Trinajstić information content (AvgIpc) is 3.96. The number of carbonyl (C=O) groups is 4. The number of alkyl carbamates (subject to hydrolysis) is 1. The fraction of sp³-hybridized carbons (Fsp3) is 0.559. The Morgan fingerprint density at radius 3 is 2.67 bits per heavy atom. The van der Waals surface area contributed by atoms with Crippen molar-refractivity contribution in [3.05, 3.63) is 48.7 Å². The van der Waals surface area contributed by atoms with Crippen molar-refractivity contribution in [1.29, 1.82) is 0 Å². The standard InChI is InChI=1S/C34H43N5O9S/c1-33(2,3)48-32(43)36-26-20-46-16-8-4-5-10-22-18-34(22,31(42)38-49(44,45)24-12-13-24)37-28(40)27-17-23(19-39(27)30(26)41)47-29-25-11-7-6-9-21(25)14-15-35-29/h5-7,9-11,14-15,22-24,26-27H,4,8,12-13,16-20H2,1-3H3,(H,36,43)(H,37,40)(H,38,42)/b10-5-/t22-,23-,26+,27+,34-/m1/s1. The summed E-state index contributed by atoms with van der Waals surface area (Å²) in [6.07, 6.45) is 6.13. The minimum absolute atomic E-state index is 0.0348. The van der Waals surface area contributed by atoms with Crippen LogP contribution in [-0.2, 0) is 33.9 Å². The number of pyridine rings is 1. The Hall–Kier alpha value is -4.24. The maximum absolute atomic E-state index is 14.3. The number of allylic oxidation sites excluding steroid dienone is 1. The lowest BCUT2D eigenvalue weighted by molar-refractivity contribution is -0.142. The zero-order valence-electron chi connectivity index (χ0n) is 27.8. The van der Waals surface area contributed by atoms with E-state index in [1.165, 1.54) is 4.90 Å². The first-order chi connectivity index (χ1) is 23.3. The number of carbonyl (C=O) groups excluding carboxylic acids is 4. The van der Waals surface area contributed by atoms with E-state index < -0.39 is 74.3 Å². The van der Waals surface area contributed by atoms with E-state index in [-0.39, 0.29) is 32.6 Å². The van der Waals surface area contributed by atoms with Crippen LogP contribution in [0.25, 0.3) is 10.8 Å². The van der Waals surface area contributed by atoms with Crippen molar-refractivity contribution in [3.8, 4) is 5.88 Å². The highest BCUT2D eigenvalue weighted by atomic mass is 32.2. The number of aromatic nitrogens is 1. The third-order valence-electron chi connectivity index (χ3n) is 9.03. The van der Waals surface area contributed by atoms with Crippen LogP contribution in [-0.4, -0.2) is 96.5 Å². The quantitative estimate of drug-likeness (QED) is 0.379. The van der Waals surface area contributed by atoms with Crippen molar-refractivity contribution in [3.63, 3.8) is 0 Å². The zero-order valence-corrected chi connectivity index (χ0v) is 28.7. The molecule has 1 aromatic carbocycles. The SMILES string of the molecule is CC(C)(C)OC(=O)N[C@H]1COCCC/C=C\[C@@H]2C[C@@]2(C(=O)NS(=O)(=O)C2CC2)NC(=O)[C@@H]2C[C@@H](Oc3nccc4ccccc34)CN2C1=O. The molecule has 2 aromatic rings. The Morgan fingerprint density at radius 1 is 1.14 bits per heavy atom. The van der Waals surface area contributed by atoms with Gasteiger partial charge in [0.2, 0.25) is 27.7 Å². The maximum atomic E-state index is 14.3. The molecule has 2 aliphatic heterocycles. The minimum atomic E-state index is -3.89. The number of amides is 4. The van der Waals surface area contributed by atoms with Gasteiger partial charge in [0.05, 0.1) is 18.4 Å². The molecule has 3 heterocycles. The number of nitrogens with one attached hydrogen (secondary N) is 3. The van der Waals surface area contributed by atoms with Gasteiger partial charge in [-0.05, 0) is 70.4 Å². The van der Waals surface area contributed by atoms with Crippen LogP contribution in [0.5, 0.6) is 5.88 Å². The van der Waals surface area contributed by atoms with Gasteiger partial charge in [0.1, 0.15) is 29.3 Å². The second kappa shape index (κ2) is 13.6. The van der Waals surface area contributed by atoms with Crippen LogP contribution in [0.15, 0.2) is 48.7 Å². The molecule has 49 heavy (non-hydrogen) atoms. The van der Waals surface area contributed by atoms with E-state index >= 15 is 0 Å². The minimum Gasteiger partial charge on any atom is -0.472 e. The number of sulfonamides is 1. The first kappa shape index (κ1) is 34.6. The molecule has 2 aliphatic carbocycles. The summed E-state index contributed by atoms with van der Waals surface area (Å²) in [5, 5.41) is 6.47. The number of fused-ring (bicyclic) bond motifs is 3. The van der Waals surface area contributed by atoms with E-state index in [4.69, 9.17) is 14.2 Å². The number of nitrogens with zero attached hydrogens (tertiary/aromatic N) is 2. The van der Waals surface area contributed by atoms with Gasteiger partial charge in [-0.2, -0.15) is 0 Å². The summed E-state index contributed by atoms with van der Waals surface area (Å²) in [6, 6.07) is 7.04. The predicted octanol–water partition coefficient (Wildman–Crippen LogP) is 2.33. The molecule has 15 heteroatoms. The fourth-order valence-corrected chi connectivity index (χ4v) is 7.64. The molecule has 1 aromatic heterocycles. The largest absolute Gasteiger partial charge is 0.472 e. The van der Waals surface area contributed by atoms with E-state index in [0.717, 1.165) is 10.8 Å². The monoisotopic (exact) mass is 697 g/mol. The highest BCUT2D eigenvalue weighted by molar-refractivity contribution is 7.91. The van der Waals surface area contributed by atoms with E-state index in [1.54, 1.807) is 27.0 Å². The second-order valence-electron chi connectivity index (χ2n) is 14.1. The molecule has 4 amide bonds. The Balaban J connectivity index is 1.30. The molecule has 0 unspecified atom stereocenters. The van der Waals surface area contributed by atoms with E-state index in [9.17, 15) is 27.6 Å². The molecule has 264 valence electrons. The molecule has 2 saturated carbocycles. The summed E-state index contributed by atoms with van der Waals surface area (Å²) in [5.41, 5.74) is -2.34. The Kier molecular flexibility index (Phi) is 9.59. The molecular formula is C34H43N5O9S. The van der Waals surface area contributed by atoms with E-state index in [2.05, 4.69) is 20.3 Å². The number of hydrogen-bond donors (Lipinski definition) is 3. The van der Waals surface area contributed by atoms with Crippen LogP contribution in [0, 0.1) is 5.92 Å². The van der Waals surface area contributed by atoms with E-state index in [1.807, 2.05) is 42.5 Å². The average molecular weight is 698 g/mol. The lowest BCUT2D eigenvalue weighted by Crippen LogP contribution is -2.59. The van der Waals surface area contributed by atoms with Gasteiger partial charge in [-0.25, -0.2) is 18.2 Å². The Bertz CT molecular complexity index is 1750. The van der Waals surface area contributed by atoms with Crippen LogP contribution >= 0.6 is 0 Å². The van der Waals surface area contributed by atoms with Crippen LogP contribution in [0.2, 0.25) is 0 Å². The van der Waals surface area contributed by atoms with Crippen LogP contribution < -0.4 is 20.1 Å². The topological polar surface area (TPSA) is 182 Å². The summed E-state index contributed by atoms with van der Waals surface area (Å²) >= 11 is 0. The normalized spacial score (nSPS) is 28.6. The smallest absolute Gasteiger partial charge is 0.408 e. The molecule has 0 bridgehead atoms. The predicted molar refractivity (Wildman–Crippen MR) is 178 cm³/mol.